The van der Waals surface area contributed by atoms with E-state index in [9.17, 15) is 0 Å². The van der Waals surface area contributed by atoms with Gasteiger partial charge in [-0.3, -0.25) is 0 Å². The van der Waals surface area contributed by atoms with E-state index in [2.05, 4.69) is 34.7 Å². The Labute approximate surface area is 143 Å². The number of para-hydroxylation sites is 1. The van der Waals surface area contributed by atoms with Gasteiger partial charge in [-0.1, -0.05) is 23.4 Å². The molecule has 0 atom stereocenters. The number of hydrogen-bond donors (Lipinski definition) is 0. The minimum atomic E-state index is 0.711. The van der Waals surface area contributed by atoms with Crippen molar-refractivity contribution in [1.82, 2.24) is 34.5 Å². The third kappa shape index (κ3) is 2.18. The molecule has 4 aromatic rings. The highest BCUT2D eigenvalue weighted by Crippen LogP contribution is 2.27. The Hall–Kier alpha value is -3.29. The number of aromatic nitrogens is 7. The van der Waals surface area contributed by atoms with Gasteiger partial charge in [-0.15, -0.1) is 5.10 Å². The smallest absolute Gasteiger partial charge is 0.189 e. The fourth-order valence-corrected chi connectivity index (χ4v) is 3.35. The van der Waals surface area contributed by atoms with Crippen LogP contribution in [0.25, 0.3) is 16.9 Å². The molecule has 0 amide bonds. The van der Waals surface area contributed by atoms with E-state index in [1.165, 1.54) is 5.69 Å². The first kappa shape index (κ1) is 14.1. The van der Waals surface area contributed by atoms with Gasteiger partial charge in [-0.2, -0.15) is 4.68 Å². The van der Waals surface area contributed by atoms with Crippen molar-refractivity contribution in [2.45, 2.75) is 13.0 Å². The Morgan fingerprint density at radius 2 is 1.92 bits per heavy atom. The Morgan fingerprint density at radius 1 is 1.04 bits per heavy atom. The Bertz CT molecular complexity index is 1050. The summed E-state index contributed by atoms with van der Waals surface area (Å²) in [6, 6.07) is 9.88. The maximum atomic E-state index is 4.50. The highest BCUT2D eigenvalue weighted by molar-refractivity contribution is 5.83. The maximum Gasteiger partial charge on any atom is 0.189 e. The topological polar surface area (TPSA) is 77.6 Å². The molecule has 8 nitrogen and oxygen atoms in total. The molecule has 4 heterocycles. The molecule has 0 aliphatic carbocycles. The van der Waals surface area contributed by atoms with Gasteiger partial charge >= 0.3 is 0 Å². The molecular weight excluding hydrogens is 316 g/mol. The molecule has 0 spiro atoms. The molecule has 3 aromatic heterocycles. The van der Waals surface area contributed by atoms with Crippen molar-refractivity contribution in [1.29, 1.82) is 0 Å². The molecule has 0 unspecified atom stereocenters. The molecule has 0 radical (unpaired) electrons. The van der Waals surface area contributed by atoms with Crippen LogP contribution in [-0.2, 0) is 20.0 Å². The molecule has 0 bridgehead atoms. The van der Waals surface area contributed by atoms with Crippen LogP contribution in [0.1, 0.15) is 11.4 Å². The summed E-state index contributed by atoms with van der Waals surface area (Å²) in [7, 11) is 2.04. The number of imidazole rings is 1. The van der Waals surface area contributed by atoms with Crippen molar-refractivity contribution in [3.63, 3.8) is 0 Å². The lowest BCUT2D eigenvalue weighted by atomic mass is 10.1. The van der Waals surface area contributed by atoms with Gasteiger partial charge in [0, 0.05) is 25.7 Å². The van der Waals surface area contributed by atoms with Crippen LogP contribution < -0.4 is 4.90 Å². The lowest BCUT2D eigenvalue weighted by molar-refractivity contribution is 0.677. The maximum absolute atomic E-state index is 4.50. The van der Waals surface area contributed by atoms with E-state index in [1.54, 1.807) is 11.0 Å². The summed E-state index contributed by atoms with van der Waals surface area (Å²) in [6.07, 6.45) is 4.38. The summed E-state index contributed by atoms with van der Waals surface area (Å²) in [4.78, 5) is 15.6. The zero-order chi connectivity index (χ0) is 16.8. The van der Waals surface area contributed by atoms with Gasteiger partial charge in [0.15, 0.2) is 17.0 Å². The molecule has 1 aliphatic rings. The number of hydrogen-bond acceptors (Lipinski definition) is 6. The summed E-state index contributed by atoms with van der Waals surface area (Å²) in [5, 5.41) is 8.64. The summed E-state index contributed by atoms with van der Waals surface area (Å²) >= 11 is 0. The van der Waals surface area contributed by atoms with Crippen molar-refractivity contribution >= 4 is 17.0 Å². The van der Waals surface area contributed by atoms with Crippen molar-refractivity contribution in [2.24, 2.45) is 7.05 Å². The first-order chi connectivity index (χ1) is 12.3. The van der Waals surface area contributed by atoms with Gasteiger partial charge in [0.1, 0.15) is 6.33 Å². The Morgan fingerprint density at radius 3 is 2.80 bits per heavy atom. The number of rotatable bonds is 2. The first-order valence-electron chi connectivity index (χ1n) is 8.17. The van der Waals surface area contributed by atoms with Crippen LogP contribution in [0.5, 0.6) is 0 Å². The average Bonchev–Trinajstić information content (AvgIpc) is 3.26. The van der Waals surface area contributed by atoms with E-state index < -0.39 is 0 Å². The summed E-state index contributed by atoms with van der Waals surface area (Å²) in [5.74, 6) is 0.809. The van der Waals surface area contributed by atoms with Crippen LogP contribution >= 0.6 is 0 Å². The number of aryl methyl sites for hydroxylation is 1. The van der Waals surface area contributed by atoms with Crippen molar-refractivity contribution in [2.75, 3.05) is 11.4 Å². The molecule has 1 aliphatic heterocycles. The second kappa shape index (κ2) is 5.37. The molecular formula is C17H16N8. The van der Waals surface area contributed by atoms with Crippen molar-refractivity contribution < 1.29 is 0 Å². The molecule has 124 valence electrons. The molecule has 0 saturated carbocycles. The molecule has 5 rings (SSSR count). The quantitative estimate of drug-likeness (QED) is 0.554. The Kier molecular flexibility index (Phi) is 3.03. The van der Waals surface area contributed by atoms with Gasteiger partial charge in [-0.25, -0.2) is 15.0 Å². The number of fused-ring (bicyclic) bond motifs is 2. The van der Waals surface area contributed by atoms with Gasteiger partial charge in [-0.05, 0) is 12.1 Å². The third-order valence-corrected chi connectivity index (χ3v) is 4.62. The molecule has 0 saturated heterocycles. The van der Waals surface area contributed by atoms with Gasteiger partial charge in [0.25, 0.3) is 0 Å². The van der Waals surface area contributed by atoms with Crippen LogP contribution in [-0.4, -0.2) is 41.1 Å². The fraction of sp³-hybridized carbons (Fsp3) is 0.235. The number of benzene rings is 1. The van der Waals surface area contributed by atoms with E-state index in [-0.39, 0.29) is 0 Å². The predicted molar refractivity (Wildman–Crippen MR) is 92.4 cm³/mol. The first-order valence-corrected chi connectivity index (χ1v) is 8.17. The SMILES string of the molecule is Cn1cnc2c1CCN(c1ncnc3c1nnn3-c1ccccc1)C2. The van der Waals surface area contributed by atoms with E-state index in [4.69, 9.17) is 0 Å². The average molecular weight is 332 g/mol. The van der Waals surface area contributed by atoms with Crippen LogP contribution in [0.4, 0.5) is 5.82 Å². The fourth-order valence-electron chi connectivity index (χ4n) is 3.35. The van der Waals surface area contributed by atoms with Crippen LogP contribution in [0, 0.1) is 0 Å². The van der Waals surface area contributed by atoms with E-state index >= 15 is 0 Å². The largest absolute Gasteiger partial charge is 0.348 e. The third-order valence-electron chi connectivity index (χ3n) is 4.62. The van der Waals surface area contributed by atoms with Gasteiger partial charge < -0.3 is 9.47 Å². The van der Waals surface area contributed by atoms with Gasteiger partial charge in [0.05, 0.1) is 24.3 Å². The molecule has 25 heavy (non-hydrogen) atoms. The predicted octanol–water partition coefficient (Wildman–Crippen LogP) is 1.51. The molecule has 1 aromatic carbocycles. The van der Waals surface area contributed by atoms with E-state index in [0.29, 0.717) is 11.2 Å². The molecule has 0 fully saturated rings. The Balaban J connectivity index is 1.58. The monoisotopic (exact) mass is 332 g/mol. The second-order valence-corrected chi connectivity index (χ2v) is 6.13. The lowest BCUT2D eigenvalue weighted by Crippen LogP contribution is -2.32. The molecule has 0 N–H and O–H groups in total. The highest BCUT2D eigenvalue weighted by atomic mass is 15.5. The summed E-state index contributed by atoms with van der Waals surface area (Å²) in [6.45, 7) is 1.59. The van der Waals surface area contributed by atoms with Crippen LogP contribution in [0.15, 0.2) is 43.0 Å². The summed E-state index contributed by atoms with van der Waals surface area (Å²) < 4.78 is 3.84. The van der Waals surface area contributed by atoms with Gasteiger partial charge in [0.2, 0.25) is 0 Å². The van der Waals surface area contributed by atoms with Crippen molar-refractivity contribution in [3.05, 3.63) is 54.4 Å². The van der Waals surface area contributed by atoms with E-state index in [1.807, 2.05) is 43.7 Å². The summed E-state index contributed by atoms with van der Waals surface area (Å²) in [5.41, 5.74) is 4.74. The standard InChI is InChI=1S/C17H16N8/c1-23-11-20-13-9-24(8-7-14(13)23)16-15-17(19-10-18-16)25(22-21-15)12-5-3-2-4-6-12/h2-6,10-11H,7-9H2,1H3. The minimum absolute atomic E-state index is 0.711. The normalized spacial score (nSPS) is 14.0. The zero-order valence-corrected chi connectivity index (χ0v) is 13.7. The van der Waals surface area contributed by atoms with Crippen LogP contribution in [0.3, 0.4) is 0 Å². The van der Waals surface area contributed by atoms with E-state index in [0.717, 1.165) is 36.7 Å². The zero-order valence-electron chi connectivity index (χ0n) is 13.7. The molecule has 8 heteroatoms. The number of nitrogens with zero attached hydrogens (tertiary/aromatic N) is 8. The minimum Gasteiger partial charge on any atom is -0.348 e. The highest BCUT2D eigenvalue weighted by Gasteiger charge is 2.24. The lowest BCUT2D eigenvalue weighted by Gasteiger charge is -2.27. The van der Waals surface area contributed by atoms with Crippen molar-refractivity contribution in [3.8, 4) is 5.69 Å². The number of anilines is 1. The second-order valence-electron chi connectivity index (χ2n) is 6.13. The van der Waals surface area contributed by atoms with Crippen LogP contribution in [0.2, 0.25) is 0 Å².